The molecule has 0 nitrogen and oxygen atoms in total. The zero-order valence-corrected chi connectivity index (χ0v) is 16.4. The predicted molar refractivity (Wildman–Crippen MR) is 92.4 cm³/mol. The molecule has 1 heterocycles. The van der Waals surface area contributed by atoms with Crippen LogP contribution in [0.25, 0.3) is 16.8 Å². The molecule has 0 saturated carbocycles. The minimum atomic E-state index is -2.25. The summed E-state index contributed by atoms with van der Waals surface area (Å²) < 4.78 is 3.59. The Morgan fingerprint density at radius 3 is 2.05 bits per heavy atom. The van der Waals surface area contributed by atoms with E-state index < -0.39 is 26.5 Å². The van der Waals surface area contributed by atoms with Crippen molar-refractivity contribution in [1.29, 1.82) is 0 Å². The summed E-state index contributed by atoms with van der Waals surface area (Å²) in [7, 11) is -1.18. The Kier molecular flexibility index (Phi) is 2.99. The molecule has 0 N–H and O–H groups in total. The van der Waals surface area contributed by atoms with Crippen molar-refractivity contribution in [3.63, 3.8) is 0 Å². The Morgan fingerprint density at radius 1 is 0.895 bits per heavy atom. The molecule has 0 bridgehead atoms. The van der Waals surface area contributed by atoms with Gasteiger partial charge in [-0.05, 0) is 0 Å². The molecule has 0 aromatic heterocycles. The summed E-state index contributed by atoms with van der Waals surface area (Å²) in [6, 6.07) is 13.7. The SMILES string of the molecule is C[Si](C)(C)[C]1=Cc2cc3ccccc3c[c]2[Sn]1([CH3])[CH3]. The molecule has 0 atom stereocenters. The van der Waals surface area contributed by atoms with Crippen LogP contribution in [0.15, 0.2) is 39.6 Å². The summed E-state index contributed by atoms with van der Waals surface area (Å²) in [5.41, 5.74) is 1.52. The number of hydrogen-bond donors (Lipinski definition) is 0. The van der Waals surface area contributed by atoms with Crippen molar-refractivity contribution in [2.75, 3.05) is 0 Å². The third-order valence-electron chi connectivity index (χ3n) is 4.37. The van der Waals surface area contributed by atoms with Gasteiger partial charge in [0.2, 0.25) is 0 Å². The Balaban J connectivity index is 2.27. The number of rotatable bonds is 1. The van der Waals surface area contributed by atoms with Gasteiger partial charge in [0, 0.05) is 0 Å². The van der Waals surface area contributed by atoms with Crippen molar-refractivity contribution in [3.8, 4) is 0 Å². The maximum absolute atomic E-state index is 2.60. The van der Waals surface area contributed by atoms with Gasteiger partial charge in [-0.25, -0.2) is 0 Å². The first-order valence-electron chi connectivity index (χ1n) is 7.06. The molecule has 2 aromatic carbocycles. The van der Waals surface area contributed by atoms with Crippen molar-refractivity contribution in [2.24, 2.45) is 0 Å². The van der Waals surface area contributed by atoms with Crippen molar-refractivity contribution in [3.05, 3.63) is 45.2 Å². The second kappa shape index (κ2) is 4.22. The summed E-state index contributed by atoms with van der Waals surface area (Å²) >= 11 is -2.25. The van der Waals surface area contributed by atoms with Crippen LogP contribution in [0.5, 0.6) is 0 Å². The number of benzene rings is 2. The standard InChI is InChI=1S/C15H16Si.2CH3.Sn/c1-16(2,3)11-10-13-8-9-14-6-4-5-7-15(14)12-13;;;/h4-7,9-10,12H,1-3H3;2*1H3;. The molecule has 0 fully saturated rings. The van der Waals surface area contributed by atoms with E-state index in [-0.39, 0.29) is 0 Å². The molecule has 98 valence electrons. The van der Waals surface area contributed by atoms with Crippen LogP contribution < -0.4 is 3.58 Å². The molecule has 19 heavy (non-hydrogen) atoms. The summed E-state index contributed by atoms with van der Waals surface area (Å²) in [6.45, 7) is 7.51. The minimum absolute atomic E-state index is 1.18. The van der Waals surface area contributed by atoms with E-state index in [1.807, 2.05) is 3.21 Å². The van der Waals surface area contributed by atoms with Gasteiger partial charge in [-0.2, -0.15) is 0 Å². The molecule has 0 spiro atoms. The van der Waals surface area contributed by atoms with Crippen molar-refractivity contribution in [2.45, 2.75) is 29.5 Å². The second-order valence-corrected chi connectivity index (χ2v) is 26.0. The Labute approximate surface area is 121 Å². The van der Waals surface area contributed by atoms with Gasteiger partial charge in [0.1, 0.15) is 0 Å². The summed E-state index contributed by atoms with van der Waals surface area (Å²) in [5, 5.41) is 2.80. The molecule has 0 aliphatic carbocycles. The molecule has 0 saturated heterocycles. The first kappa shape index (κ1) is 13.4. The third kappa shape index (κ3) is 2.11. The van der Waals surface area contributed by atoms with E-state index in [1.54, 1.807) is 3.58 Å². The van der Waals surface area contributed by atoms with Gasteiger partial charge in [-0.1, -0.05) is 0 Å². The van der Waals surface area contributed by atoms with Gasteiger partial charge in [-0.3, -0.25) is 0 Å². The fraction of sp³-hybridized carbons (Fsp3) is 0.294. The monoisotopic (exact) mass is 374 g/mol. The van der Waals surface area contributed by atoms with Gasteiger partial charge in [0.25, 0.3) is 0 Å². The van der Waals surface area contributed by atoms with E-state index >= 15 is 0 Å². The van der Waals surface area contributed by atoms with Crippen molar-refractivity contribution in [1.82, 2.24) is 0 Å². The van der Waals surface area contributed by atoms with Crippen LogP contribution in [-0.4, -0.2) is 26.5 Å². The Hall–Kier alpha value is -0.544. The Morgan fingerprint density at radius 2 is 1.47 bits per heavy atom. The normalized spacial score (nSPS) is 17.4. The zero-order valence-electron chi connectivity index (χ0n) is 12.5. The van der Waals surface area contributed by atoms with E-state index in [0.717, 1.165) is 0 Å². The molecule has 2 heteroatoms. The molecule has 3 rings (SSSR count). The van der Waals surface area contributed by atoms with Crippen LogP contribution in [0.3, 0.4) is 0 Å². The van der Waals surface area contributed by atoms with Gasteiger partial charge >= 0.3 is 122 Å². The third-order valence-corrected chi connectivity index (χ3v) is 26.1. The van der Waals surface area contributed by atoms with E-state index in [2.05, 4.69) is 72.0 Å². The molecule has 0 radical (unpaired) electrons. The number of hydrogen-bond acceptors (Lipinski definition) is 0. The van der Waals surface area contributed by atoms with Crippen LogP contribution in [0.1, 0.15) is 5.56 Å². The average Bonchev–Trinajstić information content (AvgIpc) is 2.58. The summed E-state index contributed by atoms with van der Waals surface area (Å²) in [5.74, 6) is 0. The molecule has 2 aromatic rings. The first-order chi connectivity index (χ1) is 8.80. The van der Waals surface area contributed by atoms with Gasteiger partial charge in [0.05, 0.1) is 0 Å². The molecule has 1 aliphatic heterocycles. The van der Waals surface area contributed by atoms with Crippen LogP contribution >= 0.6 is 0 Å². The van der Waals surface area contributed by atoms with Gasteiger partial charge < -0.3 is 0 Å². The quantitative estimate of drug-likeness (QED) is 0.643. The summed E-state index contributed by atoms with van der Waals surface area (Å²) in [6.07, 6.45) is 2.56. The van der Waals surface area contributed by atoms with Crippen molar-refractivity contribution >= 4 is 46.9 Å². The zero-order chi connectivity index (χ0) is 13.8. The summed E-state index contributed by atoms with van der Waals surface area (Å²) in [4.78, 5) is 5.19. The molecular formula is C17H22SiSn. The topological polar surface area (TPSA) is 0 Å². The second-order valence-electron chi connectivity index (χ2n) is 7.22. The molecule has 0 unspecified atom stereocenters. The predicted octanol–water partition coefficient (Wildman–Crippen LogP) is 4.57. The fourth-order valence-electron chi connectivity index (χ4n) is 3.55. The van der Waals surface area contributed by atoms with Crippen LogP contribution in [-0.2, 0) is 0 Å². The Bertz CT molecular complexity index is 690. The van der Waals surface area contributed by atoms with Gasteiger partial charge in [-0.15, -0.1) is 0 Å². The van der Waals surface area contributed by atoms with Crippen LogP contribution in [0, 0.1) is 0 Å². The molecule has 0 amide bonds. The van der Waals surface area contributed by atoms with E-state index in [0.29, 0.717) is 0 Å². The van der Waals surface area contributed by atoms with E-state index in [1.165, 1.54) is 16.3 Å². The number of fused-ring (bicyclic) bond motifs is 2. The fourth-order valence-corrected chi connectivity index (χ4v) is 29.2. The molecular weight excluding hydrogens is 351 g/mol. The first-order valence-corrected chi connectivity index (χ1v) is 19.1. The van der Waals surface area contributed by atoms with Gasteiger partial charge in [0.15, 0.2) is 0 Å². The van der Waals surface area contributed by atoms with E-state index in [9.17, 15) is 0 Å². The van der Waals surface area contributed by atoms with Crippen molar-refractivity contribution < 1.29 is 0 Å². The molecule has 1 aliphatic rings. The average molecular weight is 373 g/mol. The maximum atomic E-state index is 2.60. The van der Waals surface area contributed by atoms with E-state index in [4.69, 9.17) is 0 Å². The van der Waals surface area contributed by atoms with Crippen LogP contribution in [0.4, 0.5) is 0 Å². The van der Waals surface area contributed by atoms with Crippen LogP contribution in [0.2, 0.25) is 29.5 Å².